The second kappa shape index (κ2) is 7.98. The van der Waals surface area contributed by atoms with Gasteiger partial charge in [0.15, 0.2) is 0 Å². The van der Waals surface area contributed by atoms with Crippen LogP contribution in [0.1, 0.15) is 18.1 Å². The Balaban J connectivity index is 1.96. The fraction of sp³-hybridized carbons (Fsp3) is 0.222. The quantitative estimate of drug-likeness (QED) is 0.659. The van der Waals surface area contributed by atoms with Gasteiger partial charge in [-0.3, -0.25) is 4.79 Å². The molecule has 0 radical (unpaired) electrons. The molecule has 0 aliphatic carbocycles. The van der Waals surface area contributed by atoms with Gasteiger partial charge in [-0.2, -0.15) is 5.10 Å². The van der Waals surface area contributed by atoms with E-state index in [0.717, 1.165) is 22.6 Å². The molecule has 0 aromatic heterocycles. The van der Waals surface area contributed by atoms with Crippen LogP contribution >= 0.6 is 0 Å². The van der Waals surface area contributed by atoms with Gasteiger partial charge in [0.2, 0.25) is 5.91 Å². The maximum Gasteiger partial charge on any atom is 0.244 e. The number of hydrogen-bond donors (Lipinski definition) is 1. The van der Waals surface area contributed by atoms with Crippen LogP contribution in [0.2, 0.25) is 0 Å². The van der Waals surface area contributed by atoms with Gasteiger partial charge >= 0.3 is 0 Å². The number of ether oxygens (including phenoxy) is 2. The van der Waals surface area contributed by atoms with Gasteiger partial charge in [-0.25, -0.2) is 5.43 Å². The highest BCUT2D eigenvalue weighted by atomic mass is 16.5. The van der Waals surface area contributed by atoms with Crippen LogP contribution in [0, 0.1) is 0 Å². The Kier molecular flexibility index (Phi) is 5.74. The minimum atomic E-state index is -0.169. The van der Waals surface area contributed by atoms with E-state index in [1.165, 1.54) is 0 Å². The van der Waals surface area contributed by atoms with Crippen molar-refractivity contribution in [2.24, 2.45) is 5.10 Å². The van der Waals surface area contributed by atoms with Gasteiger partial charge in [-0.15, -0.1) is 0 Å². The predicted octanol–water partition coefficient (Wildman–Crippen LogP) is 2.79. The summed E-state index contributed by atoms with van der Waals surface area (Å²) in [5, 5.41) is 4.14. The Morgan fingerprint density at radius 1 is 1.04 bits per heavy atom. The van der Waals surface area contributed by atoms with E-state index in [9.17, 15) is 4.79 Å². The van der Waals surface area contributed by atoms with Crippen molar-refractivity contribution in [2.45, 2.75) is 13.3 Å². The standard InChI is InChI=1S/C18H20N2O3/c1-13(15-5-4-6-17(12-15)23-3)19-20-18(21)11-14-7-9-16(22-2)10-8-14/h4-10,12H,11H2,1-3H3,(H,20,21)/b19-13+. The lowest BCUT2D eigenvalue weighted by atomic mass is 10.1. The summed E-state index contributed by atoms with van der Waals surface area (Å²) in [7, 11) is 3.22. The van der Waals surface area contributed by atoms with E-state index in [0.29, 0.717) is 5.71 Å². The summed E-state index contributed by atoms with van der Waals surface area (Å²) in [5.74, 6) is 1.35. The van der Waals surface area contributed by atoms with Gasteiger partial charge in [0.1, 0.15) is 11.5 Å². The molecule has 0 spiro atoms. The minimum absolute atomic E-state index is 0.169. The fourth-order valence-electron chi connectivity index (χ4n) is 2.03. The molecule has 0 aliphatic heterocycles. The van der Waals surface area contributed by atoms with Gasteiger partial charge < -0.3 is 9.47 Å². The summed E-state index contributed by atoms with van der Waals surface area (Å²) in [6, 6.07) is 14.9. The number of benzene rings is 2. The first-order chi connectivity index (χ1) is 11.1. The number of carbonyl (C=O) groups is 1. The van der Waals surface area contributed by atoms with Crippen LogP contribution in [-0.4, -0.2) is 25.8 Å². The molecule has 0 heterocycles. The molecule has 0 bridgehead atoms. The molecule has 2 aromatic carbocycles. The van der Waals surface area contributed by atoms with Gasteiger partial charge in [-0.05, 0) is 36.8 Å². The van der Waals surface area contributed by atoms with Crippen LogP contribution in [0.4, 0.5) is 0 Å². The van der Waals surface area contributed by atoms with Gasteiger partial charge in [0, 0.05) is 5.56 Å². The van der Waals surface area contributed by atoms with E-state index in [2.05, 4.69) is 10.5 Å². The van der Waals surface area contributed by atoms with Crippen molar-refractivity contribution >= 4 is 11.6 Å². The summed E-state index contributed by atoms with van der Waals surface area (Å²) < 4.78 is 10.3. The predicted molar refractivity (Wildman–Crippen MR) is 90.0 cm³/mol. The molecule has 0 atom stereocenters. The van der Waals surface area contributed by atoms with E-state index in [1.54, 1.807) is 14.2 Å². The largest absolute Gasteiger partial charge is 0.497 e. The molecule has 0 unspecified atom stereocenters. The molecular weight excluding hydrogens is 292 g/mol. The summed E-state index contributed by atoms with van der Waals surface area (Å²) in [5.41, 5.74) is 5.09. The summed E-state index contributed by atoms with van der Waals surface area (Å²) in [4.78, 5) is 12.0. The second-order valence-corrected chi connectivity index (χ2v) is 4.99. The summed E-state index contributed by atoms with van der Waals surface area (Å²) in [6.45, 7) is 1.84. The molecule has 23 heavy (non-hydrogen) atoms. The van der Waals surface area contributed by atoms with Crippen LogP contribution in [-0.2, 0) is 11.2 Å². The topological polar surface area (TPSA) is 59.9 Å². The number of hydrogen-bond acceptors (Lipinski definition) is 4. The van der Waals surface area contributed by atoms with E-state index in [4.69, 9.17) is 9.47 Å². The third kappa shape index (κ3) is 4.85. The smallest absolute Gasteiger partial charge is 0.244 e. The van der Waals surface area contributed by atoms with Crippen molar-refractivity contribution < 1.29 is 14.3 Å². The lowest BCUT2D eigenvalue weighted by Gasteiger charge is -2.06. The normalized spacial score (nSPS) is 11.0. The van der Waals surface area contributed by atoms with E-state index >= 15 is 0 Å². The first-order valence-corrected chi connectivity index (χ1v) is 7.23. The van der Waals surface area contributed by atoms with Crippen LogP contribution in [0.15, 0.2) is 53.6 Å². The molecule has 0 saturated heterocycles. The second-order valence-electron chi connectivity index (χ2n) is 4.99. The van der Waals surface area contributed by atoms with Gasteiger partial charge in [-0.1, -0.05) is 24.3 Å². The van der Waals surface area contributed by atoms with Crippen LogP contribution in [0.5, 0.6) is 11.5 Å². The average Bonchev–Trinajstić information content (AvgIpc) is 2.60. The maximum atomic E-state index is 12.0. The number of rotatable bonds is 6. The monoisotopic (exact) mass is 312 g/mol. The Morgan fingerprint density at radius 2 is 1.74 bits per heavy atom. The Hall–Kier alpha value is -2.82. The fourth-order valence-corrected chi connectivity index (χ4v) is 2.03. The Bertz CT molecular complexity index is 694. The zero-order chi connectivity index (χ0) is 16.7. The summed E-state index contributed by atoms with van der Waals surface area (Å²) in [6.07, 6.45) is 0.263. The van der Waals surface area contributed by atoms with Crippen molar-refractivity contribution in [3.05, 3.63) is 59.7 Å². The maximum absolute atomic E-state index is 12.0. The van der Waals surface area contributed by atoms with Crippen molar-refractivity contribution in [2.75, 3.05) is 14.2 Å². The SMILES string of the molecule is COc1ccc(CC(=O)N/N=C(\C)c2cccc(OC)c2)cc1. The molecule has 2 aromatic rings. The molecule has 0 aliphatic rings. The molecule has 0 saturated carbocycles. The molecule has 1 amide bonds. The van der Waals surface area contributed by atoms with Crippen molar-refractivity contribution in [3.8, 4) is 11.5 Å². The highest BCUT2D eigenvalue weighted by Crippen LogP contribution is 2.13. The zero-order valence-corrected chi connectivity index (χ0v) is 13.5. The number of hydrazone groups is 1. The third-order valence-electron chi connectivity index (χ3n) is 3.36. The molecule has 0 fully saturated rings. The minimum Gasteiger partial charge on any atom is -0.497 e. The highest BCUT2D eigenvalue weighted by molar-refractivity contribution is 5.99. The van der Waals surface area contributed by atoms with Crippen molar-refractivity contribution in [1.29, 1.82) is 0 Å². The Morgan fingerprint density at radius 3 is 2.39 bits per heavy atom. The van der Waals surface area contributed by atoms with Crippen LogP contribution in [0.3, 0.4) is 0 Å². The van der Waals surface area contributed by atoms with Crippen LogP contribution < -0.4 is 14.9 Å². The van der Waals surface area contributed by atoms with Crippen LogP contribution in [0.25, 0.3) is 0 Å². The highest BCUT2D eigenvalue weighted by Gasteiger charge is 2.04. The number of methoxy groups -OCH3 is 2. The van der Waals surface area contributed by atoms with Gasteiger partial charge in [0.25, 0.3) is 0 Å². The third-order valence-corrected chi connectivity index (χ3v) is 3.36. The number of nitrogens with one attached hydrogen (secondary N) is 1. The average molecular weight is 312 g/mol. The number of nitrogens with zero attached hydrogens (tertiary/aromatic N) is 1. The Labute approximate surface area is 135 Å². The molecule has 2 rings (SSSR count). The molecule has 120 valence electrons. The van der Waals surface area contributed by atoms with E-state index < -0.39 is 0 Å². The number of carbonyl (C=O) groups excluding carboxylic acids is 1. The van der Waals surface area contributed by atoms with Gasteiger partial charge in [0.05, 0.1) is 26.4 Å². The van der Waals surface area contributed by atoms with E-state index in [-0.39, 0.29) is 12.3 Å². The molecular formula is C18H20N2O3. The lowest BCUT2D eigenvalue weighted by molar-refractivity contribution is -0.120. The summed E-state index contributed by atoms with van der Waals surface area (Å²) >= 11 is 0. The van der Waals surface area contributed by atoms with Crippen molar-refractivity contribution in [3.63, 3.8) is 0 Å². The molecule has 1 N–H and O–H groups in total. The number of amides is 1. The lowest BCUT2D eigenvalue weighted by Crippen LogP contribution is -2.21. The first kappa shape index (κ1) is 16.5. The first-order valence-electron chi connectivity index (χ1n) is 7.23. The van der Waals surface area contributed by atoms with E-state index in [1.807, 2.05) is 55.5 Å². The molecule has 5 heteroatoms. The van der Waals surface area contributed by atoms with Crippen molar-refractivity contribution in [1.82, 2.24) is 5.43 Å². The zero-order valence-electron chi connectivity index (χ0n) is 13.5. The molecule has 5 nitrogen and oxygen atoms in total.